The van der Waals surface area contributed by atoms with Crippen molar-refractivity contribution in [3.8, 4) is 17.3 Å². The summed E-state index contributed by atoms with van der Waals surface area (Å²) in [6, 6.07) is 9.75. The molecule has 7 heterocycles. The van der Waals surface area contributed by atoms with Gasteiger partial charge in [0.2, 0.25) is 0 Å². The predicted octanol–water partition coefficient (Wildman–Crippen LogP) is 4.66. The molecule has 2 amide bonds. The quantitative estimate of drug-likeness (QED) is 0.248. The van der Waals surface area contributed by atoms with Crippen molar-refractivity contribution >= 4 is 40.1 Å². The van der Waals surface area contributed by atoms with E-state index in [1.165, 1.54) is 17.5 Å². The second-order valence-corrected chi connectivity index (χ2v) is 13.7. The number of carbonyl (C=O) groups excluding carboxylic acids is 2. The molecule has 1 aliphatic carbocycles. The summed E-state index contributed by atoms with van der Waals surface area (Å²) in [6.07, 6.45) is 6.75. The number of hydrogen-bond acceptors (Lipinski definition) is 7. The first kappa shape index (κ1) is 29.9. The lowest BCUT2D eigenvalue weighted by Crippen LogP contribution is -2.40. The van der Waals surface area contributed by atoms with Gasteiger partial charge in [0.1, 0.15) is 17.0 Å². The first-order valence-electron chi connectivity index (χ1n) is 16.3. The molecular weight excluding hydrogens is 618 g/mol. The van der Waals surface area contributed by atoms with Gasteiger partial charge >= 0.3 is 0 Å². The Bertz CT molecular complexity index is 2080. The molecule has 0 spiro atoms. The lowest BCUT2D eigenvalue weighted by Gasteiger charge is -2.23. The fourth-order valence-electron chi connectivity index (χ4n) is 7.58. The van der Waals surface area contributed by atoms with Gasteiger partial charge in [-0.25, -0.2) is 9.97 Å². The van der Waals surface area contributed by atoms with Crippen molar-refractivity contribution in [1.29, 1.82) is 0 Å². The monoisotopic (exact) mass is 655 g/mol. The first-order chi connectivity index (χ1) is 22.6. The molecule has 12 nitrogen and oxygen atoms in total. The Labute approximate surface area is 276 Å². The summed E-state index contributed by atoms with van der Waals surface area (Å²) in [6.45, 7) is 4.75. The third-order valence-electron chi connectivity index (χ3n) is 10.2. The van der Waals surface area contributed by atoms with Gasteiger partial charge in [-0.15, -0.1) is 0 Å². The van der Waals surface area contributed by atoms with Gasteiger partial charge < -0.3 is 25.3 Å². The molecule has 1 saturated carbocycles. The molecule has 2 aliphatic heterocycles. The lowest BCUT2D eigenvalue weighted by atomic mass is 9.97. The molecule has 0 unspecified atom stereocenters. The molecule has 3 N–H and O–H groups in total. The maximum absolute atomic E-state index is 13.8. The molecule has 3 aliphatic rings. The van der Waals surface area contributed by atoms with E-state index in [1.54, 1.807) is 20.4 Å². The molecule has 47 heavy (non-hydrogen) atoms. The van der Waals surface area contributed by atoms with E-state index in [9.17, 15) is 9.59 Å². The number of aryl methyl sites for hydroxylation is 2. The fourth-order valence-corrected chi connectivity index (χ4v) is 7.83. The third-order valence-corrected chi connectivity index (χ3v) is 10.4. The van der Waals surface area contributed by atoms with Crippen LogP contribution in [0, 0.1) is 12.8 Å². The maximum atomic E-state index is 13.8. The summed E-state index contributed by atoms with van der Waals surface area (Å²) < 4.78 is 11.6. The highest BCUT2D eigenvalue weighted by Crippen LogP contribution is 2.40. The minimum absolute atomic E-state index is 0.0139. The standard InChI is InChI=1S/C34H38ClN9O3/c1-17(37-33(45)23-16-41(3)40-31(23)35)25-9-7-20-11-27(42(32(20)38-25)15-19-5-6-19)30-18(2)43-28(39-30)12-21(13-29(43)47-4)34(46)44-22-8-10-26(44)24(36)14-22/h7,9,11-13,16-17,19,22,24,26H,5-6,8,10,14-15,36H2,1-4H3,(H,37,45)/t17-,22+,24-,26-/m1/s1. The lowest BCUT2D eigenvalue weighted by molar-refractivity contribution is 0.0725. The highest BCUT2D eigenvalue weighted by Gasteiger charge is 2.47. The molecule has 2 bridgehead atoms. The van der Waals surface area contributed by atoms with Crippen molar-refractivity contribution < 1.29 is 14.3 Å². The zero-order chi connectivity index (χ0) is 32.7. The van der Waals surface area contributed by atoms with Crippen molar-refractivity contribution in [3.05, 3.63) is 64.2 Å². The molecule has 5 aromatic rings. The Morgan fingerprint density at radius 2 is 1.96 bits per heavy atom. The highest BCUT2D eigenvalue weighted by atomic mass is 35.5. The van der Waals surface area contributed by atoms with E-state index in [0.717, 1.165) is 59.6 Å². The molecular formula is C34H38ClN9O3. The molecule has 5 aromatic heterocycles. The minimum Gasteiger partial charge on any atom is -0.482 e. The van der Waals surface area contributed by atoms with Crippen LogP contribution >= 0.6 is 11.6 Å². The Morgan fingerprint density at radius 3 is 2.62 bits per heavy atom. The van der Waals surface area contributed by atoms with Gasteiger partial charge in [0.25, 0.3) is 11.8 Å². The normalized spacial score (nSPS) is 21.2. The number of amides is 2. The van der Waals surface area contributed by atoms with Gasteiger partial charge in [-0.3, -0.25) is 18.7 Å². The molecule has 2 saturated heterocycles. The van der Waals surface area contributed by atoms with Gasteiger partial charge in [0, 0.05) is 54.9 Å². The Kier molecular flexibility index (Phi) is 7.07. The molecule has 0 radical (unpaired) electrons. The number of halogens is 1. The second-order valence-electron chi connectivity index (χ2n) is 13.4. The summed E-state index contributed by atoms with van der Waals surface area (Å²) in [5.41, 5.74) is 12.1. The number of methoxy groups -OCH3 is 1. The predicted molar refractivity (Wildman–Crippen MR) is 178 cm³/mol. The van der Waals surface area contributed by atoms with Crippen LogP contribution < -0.4 is 15.8 Å². The zero-order valence-electron chi connectivity index (χ0n) is 26.9. The summed E-state index contributed by atoms with van der Waals surface area (Å²) in [5, 5.41) is 8.23. The molecule has 13 heteroatoms. The maximum Gasteiger partial charge on any atom is 0.256 e. The van der Waals surface area contributed by atoms with E-state index in [4.69, 9.17) is 32.0 Å². The SMILES string of the molecule is COc1cc(C(=O)N2[C@H]3CC[C@@H]2[C@H](N)C3)cc2nc(-c3cc4ccc([C@@H](C)NC(=O)c5cn(C)nc5Cl)nc4n3CC3CC3)c(C)n12. The number of nitrogens with one attached hydrogen (secondary N) is 1. The number of carbonyl (C=O) groups is 2. The van der Waals surface area contributed by atoms with Crippen LogP contribution in [0.2, 0.25) is 5.15 Å². The van der Waals surface area contributed by atoms with Gasteiger partial charge in [-0.2, -0.15) is 5.10 Å². The first-order valence-corrected chi connectivity index (χ1v) is 16.6. The number of rotatable bonds is 8. The molecule has 244 valence electrons. The second kappa shape index (κ2) is 11.1. The molecule has 4 atom stereocenters. The van der Waals surface area contributed by atoms with Crippen molar-refractivity contribution in [3.63, 3.8) is 0 Å². The van der Waals surface area contributed by atoms with Crippen molar-refractivity contribution in [2.45, 2.75) is 76.7 Å². The van der Waals surface area contributed by atoms with Crippen LogP contribution in [0.4, 0.5) is 0 Å². The van der Waals surface area contributed by atoms with Crippen LogP contribution in [0.15, 0.2) is 36.5 Å². The molecule has 3 fully saturated rings. The van der Waals surface area contributed by atoms with Crippen molar-refractivity contribution in [1.82, 2.24) is 38.9 Å². The average molecular weight is 656 g/mol. The smallest absolute Gasteiger partial charge is 0.256 e. The van der Waals surface area contributed by atoms with E-state index in [-0.39, 0.29) is 41.1 Å². The number of hydrogen-bond donors (Lipinski definition) is 2. The number of aromatic nitrogens is 6. The zero-order valence-corrected chi connectivity index (χ0v) is 27.7. The molecule has 8 rings (SSSR count). The van der Waals surface area contributed by atoms with Crippen LogP contribution in [-0.4, -0.2) is 70.7 Å². The van der Waals surface area contributed by atoms with Gasteiger partial charge in [0.05, 0.1) is 35.8 Å². The third kappa shape index (κ3) is 4.96. The number of fused-ring (bicyclic) bond motifs is 4. The van der Waals surface area contributed by atoms with E-state index in [0.29, 0.717) is 28.6 Å². The topological polar surface area (TPSA) is 138 Å². The number of nitrogens with two attached hydrogens (primary N) is 1. The van der Waals surface area contributed by atoms with Gasteiger partial charge in [0.15, 0.2) is 11.0 Å². The van der Waals surface area contributed by atoms with E-state index in [2.05, 4.69) is 21.0 Å². The largest absolute Gasteiger partial charge is 0.482 e. The highest BCUT2D eigenvalue weighted by molar-refractivity contribution is 6.32. The minimum atomic E-state index is -0.367. The van der Waals surface area contributed by atoms with Crippen LogP contribution in [0.5, 0.6) is 5.88 Å². The fraction of sp³-hybridized carbons (Fsp3) is 0.441. The van der Waals surface area contributed by atoms with E-state index < -0.39 is 0 Å². The number of imidazole rings is 1. The van der Waals surface area contributed by atoms with Crippen molar-refractivity contribution in [2.24, 2.45) is 18.7 Å². The van der Waals surface area contributed by atoms with Crippen LogP contribution in [0.3, 0.4) is 0 Å². The number of ether oxygens (including phenoxy) is 1. The summed E-state index contributed by atoms with van der Waals surface area (Å²) in [5.74, 6) is 0.804. The molecule has 0 aromatic carbocycles. The summed E-state index contributed by atoms with van der Waals surface area (Å²) >= 11 is 6.17. The van der Waals surface area contributed by atoms with Crippen LogP contribution in [0.1, 0.15) is 77.2 Å². The summed E-state index contributed by atoms with van der Waals surface area (Å²) in [4.78, 5) is 39.0. The van der Waals surface area contributed by atoms with Crippen LogP contribution in [-0.2, 0) is 13.6 Å². The van der Waals surface area contributed by atoms with E-state index in [1.807, 2.05) is 47.4 Å². The Hall–Kier alpha value is -4.42. The van der Waals surface area contributed by atoms with Crippen LogP contribution in [0.25, 0.3) is 28.1 Å². The van der Waals surface area contributed by atoms with Gasteiger partial charge in [-0.1, -0.05) is 11.6 Å². The van der Waals surface area contributed by atoms with Gasteiger partial charge in [-0.05, 0) is 76.1 Å². The Morgan fingerprint density at radius 1 is 1.15 bits per heavy atom. The Balaban J connectivity index is 1.17. The number of nitrogens with zero attached hydrogens (tertiary/aromatic N) is 7. The average Bonchev–Trinajstić information content (AvgIpc) is 3.29. The van der Waals surface area contributed by atoms with Crippen molar-refractivity contribution in [2.75, 3.05) is 7.11 Å². The number of pyridine rings is 2. The van der Waals surface area contributed by atoms with E-state index >= 15 is 0 Å². The summed E-state index contributed by atoms with van der Waals surface area (Å²) in [7, 11) is 3.34.